The largest absolute Gasteiger partial charge is 0.372 e. The molecule has 8 rings (SSSR count). The van der Waals surface area contributed by atoms with Gasteiger partial charge in [0.05, 0.1) is 22.3 Å². The van der Waals surface area contributed by atoms with Crippen molar-refractivity contribution in [2.45, 2.75) is 0 Å². The van der Waals surface area contributed by atoms with Crippen LogP contribution in [-0.2, 0) is 0 Å². The second-order valence-electron chi connectivity index (χ2n) is 9.82. The Kier molecular flexibility index (Phi) is 5.35. The third-order valence-electron chi connectivity index (χ3n) is 7.24. The van der Waals surface area contributed by atoms with Crippen molar-refractivity contribution in [3.8, 4) is 22.5 Å². The molecule has 4 aromatic carbocycles. The maximum absolute atomic E-state index is 6.07. The van der Waals surface area contributed by atoms with Gasteiger partial charge in [-0.3, -0.25) is 4.90 Å². The minimum absolute atomic E-state index is 0.774. The van der Waals surface area contributed by atoms with E-state index in [0.29, 0.717) is 0 Å². The van der Waals surface area contributed by atoms with Crippen LogP contribution in [0.5, 0.6) is 0 Å². The van der Waals surface area contributed by atoms with Crippen molar-refractivity contribution in [1.29, 1.82) is 0 Å². The van der Waals surface area contributed by atoms with Gasteiger partial charge in [0.25, 0.3) is 0 Å². The van der Waals surface area contributed by atoms with Gasteiger partial charge in [-0.2, -0.15) is 4.57 Å². The second-order valence-corrected chi connectivity index (χ2v) is 9.82. The van der Waals surface area contributed by atoms with Crippen LogP contribution in [0.1, 0.15) is 0 Å². The van der Waals surface area contributed by atoms with Crippen molar-refractivity contribution in [2.24, 2.45) is 0 Å². The number of hydrogen-bond acceptors (Lipinski definition) is 5. The van der Waals surface area contributed by atoms with Gasteiger partial charge in [0.2, 0.25) is 0 Å². The van der Waals surface area contributed by atoms with Gasteiger partial charge in [0, 0.05) is 16.8 Å². The summed E-state index contributed by atoms with van der Waals surface area (Å²) in [6, 6.07) is 46.7. The quantitative estimate of drug-likeness (QED) is 0.223. The highest BCUT2D eigenvalue weighted by Gasteiger charge is 2.18. The molecular weight excluding hydrogens is 506 g/mol. The fourth-order valence-corrected chi connectivity index (χ4v) is 5.29. The van der Waals surface area contributed by atoms with Gasteiger partial charge in [-0.15, -0.1) is 0 Å². The molecule has 0 amide bonds. The number of nitrogens with zero attached hydrogens (tertiary/aromatic N) is 5. The van der Waals surface area contributed by atoms with E-state index in [1.54, 1.807) is 4.57 Å². The van der Waals surface area contributed by atoms with Crippen LogP contribution in [0.2, 0.25) is 0 Å². The molecule has 6 heteroatoms. The lowest BCUT2D eigenvalue weighted by Gasteiger charge is -2.24. The molecule has 0 radical (unpaired) electrons. The topological polar surface area (TPSA) is 59.5 Å². The van der Waals surface area contributed by atoms with Crippen molar-refractivity contribution in [3.05, 3.63) is 140 Å². The van der Waals surface area contributed by atoms with Gasteiger partial charge in [-0.05, 0) is 60.7 Å². The van der Waals surface area contributed by atoms with E-state index in [4.69, 9.17) is 19.5 Å². The summed E-state index contributed by atoms with van der Waals surface area (Å²) in [6.45, 7) is 0. The molecule has 194 valence electrons. The molecule has 41 heavy (non-hydrogen) atoms. The molecule has 0 atom stereocenters. The number of benzene rings is 4. The average Bonchev–Trinajstić information content (AvgIpc) is 3.58. The Morgan fingerprint density at radius 3 is 1.95 bits per heavy atom. The number of aromatic nitrogens is 4. The summed E-state index contributed by atoms with van der Waals surface area (Å²) < 4.78 is 7.87. The summed E-state index contributed by atoms with van der Waals surface area (Å²) in [4.78, 5) is 17.2. The van der Waals surface area contributed by atoms with Crippen molar-refractivity contribution in [1.82, 2.24) is 19.5 Å². The zero-order chi connectivity index (χ0) is 27.2. The maximum Gasteiger partial charge on any atom is 0.181 e. The molecule has 0 saturated carbocycles. The Morgan fingerprint density at radius 1 is 0.537 bits per heavy atom. The van der Waals surface area contributed by atoms with Crippen LogP contribution in [0.25, 0.3) is 50.2 Å². The van der Waals surface area contributed by atoms with Crippen LogP contribution in [0.15, 0.2) is 144 Å². The molecule has 0 bridgehead atoms. The first-order valence-electron chi connectivity index (χ1n) is 13.5. The lowest BCUT2D eigenvalue weighted by molar-refractivity contribution is 0.423. The monoisotopic (exact) mass is 529 g/mol. The zero-order valence-corrected chi connectivity index (χ0v) is 21.9. The zero-order valence-electron chi connectivity index (χ0n) is 21.9. The highest BCUT2D eigenvalue weighted by atomic mass is 16.5. The molecule has 0 fully saturated rings. The van der Waals surface area contributed by atoms with Crippen LogP contribution in [0.4, 0.5) is 17.3 Å². The molecule has 0 aliphatic carbocycles. The van der Waals surface area contributed by atoms with E-state index < -0.39 is 0 Å². The minimum Gasteiger partial charge on any atom is -0.372 e. The number of imidazole rings is 1. The van der Waals surface area contributed by atoms with Gasteiger partial charge in [-0.1, -0.05) is 78.9 Å². The number of pyridine rings is 2. The Hall–Kier alpha value is -5.75. The van der Waals surface area contributed by atoms with Crippen LogP contribution < -0.4 is 4.90 Å². The standard InChI is InChI=1S/C35H23N5O/c1-3-11-24(12-4-1)28-16-9-19-33(36-28)39(26-13-5-2-6-14-26)34-20-10-17-29(37-34)25-21-22-31-30(23-25)38-35-27-15-7-8-18-32(27)41-40(31)35/h1-23H. The molecule has 6 nitrogen and oxygen atoms in total. The number of fused-ring (bicyclic) bond motifs is 5. The summed E-state index contributed by atoms with van der Waals surface area (Å²) in [5.74, 6) is 1.56. The lowest BCUT2D eigenvalue weighted by atomic mass is 10.1. The van der Waals surface area contributed by atoms with Crippen LogP contribution in [-0.4, -0.2) is 19.5 Å². The molecule has 0 spiro atoms. The van der Waals surface area contributed by atoms with Crippen molar-refractivity contribution < 1.29 is 4.52 Å². The summed E-state index contributed by atoms with van der Waals surface area (Å²) in [5, 5.41) is 0.995. The molecule has 4 heterocycles. The third-order valence-corrected chi connectivity index (χ3v) is 7.24. The van der Waals surface area contributed by atoms with Crippen molar-refractivity contribution >= 4 is 45.0 Å². The second kappa shape index (κ2) is 9.47. The van der Waals surface area contributed by atoms with Gasteiger partial charge in [0.1, 0.15) is 17.2 Å². The fraction of sp³-hybridized carbons (Fsp3) is 0. The molecule has 0 N–H and O–H groups in total. The summed E-state index contributed by atoms with van der Waals surface area (Å²) in [5.41, 5.74) is 8.18. The van der Waals surface area contributed by atoms with Gasteiger partial charge >= 0.3 is 0 Å². The first-order chi connectivity index (χ1) is 20.3. The summed E-state index contributed by atoms with van der Waals surface area (Å²) >= 11 is 0. The number of para-hydroxylation sites is 2. The van der Waals surface area contributed by atoms with E-state index in [2.05, 4.69) is 41.3 Å². The number of hydrogen-bond donors (Lipinski definition) is 0. The number of rotatable bonds is 5. The van der Waals surface area contributed by atoms with Crippen LogP contribution in [0.3, 0.4) is 0 Å². The molecule has 8 aromatic rings. The van der Waals surface area contributed by atoms with E-state index >= 15 is 0 Å². The van der Waals surface area contributed by atoms with E-state index in [1.165, 1.54) is 0 Å². The Labute approximate surface area is 235 Å². The van der Waals surface area contributed by atoms with Gasteiger partial charge in [0.15, 0.2) is 11.2 Å². The minimum atomic E-state index is 0.774. The molecule has 0 unspecified atom stereocenters. The SMILES string of the molecule is c1ccc(-c2cccc(N(c3ccccc3)c3cccc(-c4ccc5c(c4)nc4c6ccccc6on54)n3)n2)cc1. The maximum atomic E-state index is 6.07. The van der Waals surface area contributed by atoms with Crippen molar-refractivity contribution in [2.75, 3.05) is 4.90 Å². The Bertz CT molecular complexity index is 2170. The fourth-order valence-electron chi connectivity index (χ4n) is 5.29. The lowest BCUT2D eigenvalue weighted by Crippen LogP contribution is -2.13. The molecule has 4 aromatic heterocycles. The predicted octanol–water partition coefficient (Wildman–Crippen LogP) is 8.83. The third kappa shape index (κ3) is 4.01. The molecule has 0 aliphatic rings. The first kappa shape index (κ1) is 23.2. The van der Waals surface area contributed by atoms with E-state index in [1.807, 2.05) is 103 Å². The Morgan fingerprint density at radius 2 is 1.20 bits per heavy atom. The van der Waals surface area contributed by atoms with E-state index in [0.717, 1.165) is 67.5 Å². The van der Waals surface area contributed by atoms with Crippen LogP contribution in [0, 0.1) is 0 Å². The highest BCUT2D eigenvalue weighted by Crippen LogP contribution is 2.35. The van der Waals surface area contributed by atoms with Crippen LogP contribution >= 0.6 is 0 Å². The Balaban J connectivity index is 1.23. The molecular formula is C35H23N5O. The predicted molar refractivity (Wildman–Crippen MR) is 164 cm³/mol. The first-order valence-corrected chi connectivity index (χ1v) is 13.5. The molecule has 0 saturated heterocycles. The van der Waals surface area contributed by atoms with Gasteiger partial charge < -0.3 is 4.52 Å². The average molecular weight is 530 g/mol. The normalized spacial score (nSPS) is 11.4. The summed E-state index contributed by atoms with van der Waals surface area (Å²) in [7, 11) is 0. The van der Waals surface area contributed by atoms with E-state index in [9.17, 15) is 0 Å². The van der Waals surface area contributed by atoms with E-state index in [-0.39, 0.29) is 0 Å². The van der Waals surface area contributed by atoms with Gasteiger partial charge in [-0.25, -0.2) is 15.0 Å². The smallest absolute Gasteiger partial charge is 0.181 e. The number of anilines is 3. The highest BCUT2D eigenvalue weighted by molar-refractivity contribution is 5.96. The summed E-state index contributed by atoms with van der Waals surface area (Å²) in [6.07, 6.45) is 0. The molecule has 0 aliphatic heterocycles. The van der Waals surface area contributed by atoms with Crippen molar-refractivity contribution in [3.63, 3.8) is 0 Å².